The first-order valence-corrected chi connectivity index (χ1v) is 7.31. The summed E-state index contributed by atoms with van der Waals surface area (Å²) in [5.74, 6) is -1.92. The normalized spacial score (nSPS) is 19.4. The Kier molecular flexibility index (Phi) is 5.91. The number of carboxylic acid groups (broad SMARTS) is 1. The second kappa shape index (κ2) is 7.91. The van der Waals surface area contributed by atoms with Gasteiger partial charge in [-0.3, -0.25) is 9.59 Å². The van der Waals surface area contributed by atoms with Gasteiger partial charge in [-0.2, -0.15) is 0 Å². The Labute approximate surface area is 129 Å². The highest BCUT2D eigenvalue weighted by molar-refractivity contribution is 5.81. The molecule has 1 saturated heterocycles. The Balaban J connectivity index is 1.88. The number of aryl methyl sites for hydroxylation is 1. The molecule has 6 heteroatoms. The summed E-state index contributed by atoms with van der Waals surface area (Å²) in [6, 6.07) is 7.70. The van der Waals surface area contributed by atoms with Gasteiger partial charge in [0.15, 0.2) is 6.10 Å². The van der Waals surface area contributed by atoms with E-state index in [0.29, 0.717) is 19.6 Å². The van der Waals surface area contributed by atoms with Crippen LogP contribution in [0.4, 0.5) is 0 Å². The van der Waals surface area contributed by atoms with E-state index < -0.39 is 18.0 Å². The minimum absolute atomic E-state index is 0.0714. The van der Waals surface area contributed by atoms with Crippen molar-refractivity contribution >= 4 is 11.9 Å². The first-order valence-electron chi connectivity index (χ1n) is 7.31. The molecule has 0 saturated carbocycles. The lowest BCUT2D eigenvalue weighted by molar-refractivity contribution is -0.148. The van der Waals surface area contributed by atoms with E-state index in [1.54, 1.807) is 0 Å². The van der Waals surface area contributed by atoms with Crippen molar-refractivity contribution in [2.75, 3.05) is 26.4 Å². The molecule has 1 amide bonds. The van der Waals surface area contributed by atoms with Crippen molar-refractivity contribution in [2.45, 2.75) is 19.4 Å². The maximum atomic E-state index is 11.9. The number of rotatable bonds is 6. The highest BCUT2D eigenvalue weighted by atomic mass is 16.6. The van der Waals surface area contributed by atoms with Gasteiger partial charge in [0.25, 0.3) is 5.91 Å². The average molecular weight is 307 g/mol. The van der Waals surface area contributed by atoms with Crippen LogP contribution in [0.5, 0.6) is 0 Å². The van der Waals surface area contributed by atoms with E-state index in [9.17, 15) is 14.7 Å². The number of carboxylic acids is 1. The molecule has 1 aromatic rings. The van der Waals surface area contributed by atoms with Crippen LogP contribution in [0.15, 0.2) is 24.3 Å². The van der Waals surface area contributed by atoms with Crippen LogP contribution in [0.25, 0.3) is 0 Å². The van der Waals surface area contributed by atoms with E-state index in [4.69, 9.17) is 9.47 Å². The van der Waals surface area contributed by atoms with Crippen molar-refractivity contribution in [3.05, 3.63) is 35.4 Å². The molecular weight excluding hydrogens is 286 g/mol. The van der Waals surface area contributed by atoms with Crippen molar-refractivity contribution in [1.82, 2.24) is 5.32 Å². The summed E-state index contributed by atoms with van der Waals surface area (Å²) in [6.45, 7) is 3.10. The summed E-state index contributed by atoms with van der Waals surface area (Å²) in [5.41, 5.74) is 2.03. The molecule has 2 atom stereocenters. The maximum absolute atomic E-state index is 11.9. The van der Waals surface area contributed by atoms with Crippen LogP contribution < -0.4 is 5.32 Å². The molecule has 2 N–H and O–H groups in total. The van der Waals surface area contributed by atoms with Gasteiger partial charge in [0.2, 0.25) is 0 Å². The van der Waals surface area contributed by atoms with Crippen molar-refractivity contribution in [3.8, 4) is 0 Å². The van der Waals surface area contributed by atoms with E-state index in [2.05, 4.69) is 5.32 Å². The third-order valence-corrected chi connectivity index (χ3v) is 3.54. The van der Waals surface area contributed by atoms with Gasteiger partial charge in [0.1, 0.15) is 0 Å². The lowest BCUT2D eigenvalue weighted by Gasteiger charge is -2.23. The second-order valence-electron chi connectivity index (χ2n) is 5.41. The highest BCUT2D eigenvalue weighted by Gasteiger charge is 2.25. The molecule has 1 aliphatic heterocycles. The van der Waals surface area contributed by atoms with Crippen LogP contribution in [0.1, 0.15) is 11.1 Å². The fourth-order valence-corrected chi connectivity index (χ4v) is 2.35. The third-order valence-electron chi connectivity index (χ3n) is 3.54. The zero-order valence-electron chi connectivity index (χ0n) is 12.6. The molecule has 0 unspecified atom stereocenters. The molecular formula is C16H21NO5. The molecule has 120 valence electrons. The quantitative estimate of drug-likeness (QED) is 0.811. The molecule has 22 heavy (non-hydrogen) atoms. The molecule has 0 radical (unpaired) electrons. The smallest absolute Gasteiger partial charge is 0.308 e. The van der Waals surface area contributed by atoms with Crippen molar-refractivity contribution in [2.24, 2.45) is 5.92 Å². The second-order valence-corrected chi connectivity index (χ2v) is 5.41. The fraction of sp³-hybridized carbons (Fsp3) is 0.500. The predicted molar refractivity (Wildman–Crippen MR) is 79.6 cm³/mol. The van der Waals surface area contributed by atoms with Crippen LogP contribution >= 0.6 is 0 Å². The summed E-state index contributed by atoms with van der Waals surface area (Å²) in [7, 11) is 0. The summed E-state index contributed by atoms with van der Waals surface area (Å²) in [4.78, 5) is 23.3. The summed E-state index contributed by atoms with van der Waals surface area (Å²) in [6.07, 6.45) is -0.276. The van der Waals surface area contributed by atoms with Gasteiger partial charge < -0.3 is 19.9 Å². The van der Waals surface area contributed by atoms with Crippen LogP contribution in [0, 0.1) is 12.8 Å². The molecule has 2 rings (SSSR count). The van der Waals surface area contributed by atoms with E-state index in [0.717, 1.165) is 11.1 Å². The number of amides is 1. The first-order chi connectivity index (χ1) is 10.6. The Morgan fingerprint density at radius 2 is 2.23 bits per heavy atom. The number of hydrogen-bond donors (Lipinski definition) is 2. The van der Waals surface area contributed by atoms with Crippen LogP contribution in [0.3, 0.4) is 0 Å². The van der Waals surface area contributed by atoms with Gasteiger partial charge >= 0.3 is 5.97 Å². The van der Waals surface area contributed by atoms with Gasteiger partial charge in [-0.25, -0.2) is 0 Å². The van der Waals surface area contributed by atoms with Crippen molar-refractivity contribution in [1.29, 1.82) is 0 Å². The van der Waals surface area contributed by atoms with Crippen molar-refractivity contribution < 1.29 is 24.2 Å². The average Bonchev–Trinajstić information content (AvgIpc) is 2.51. The SMILES string of the molecule is Cc1cccc(C[C@H](CNC(=O)[C@H]2COCCO2)C(=O)O)c1. The molecule has 1 fully saturated rings. The number of nitrogens with one attached hydrogen (secondary N) is 1. The Hall–Kier alpha value is -1.92. The molecule has 0 bridgehead atoms. The van der Waals surface area contributed by atoms with Crippen LogP contribution in [-0.2, 0) is 25.5 Å². The molecule has 6 nitrogen and oxygen atoms in total. The zero-order valence-corrected chi connectivity index (χ0v) is 12.6. The summed E-state index contributed by atoms with van der Waals surface area (Å²) >= 11 is 0. The zero-order chi connectivity index (χ0) is 15.9. The number of benzene rings is 1. The van der Waals surface area contributed by atoms with Crippen LogP contribution in [-0.4, -0.2) is 49.5 Å². The number of aliphatic carboxylic acids is 1. The lowest BCUT2D eigenvalue weighted by Crippen LogP contribution is -2.45. The molecule has 0 spiro atoms. The van der Waals surface area contributed by atoms with E-state index in [1.165, 1.54) is 0 Å². The molecule has 1 heterocycles. The van der Waals surface area contributed by atoms with Gasteiger partial charge in [-0.15, -0.1) is 0 Å². The van der Waals surface area contributed by atoms with E-state index in [1.807, 2.05) is 31.2 Å². The number of carbonyl (C=O) groups excluding carboxylic acids is 1. The summed E-state index contributed by atoms with van der Waals surface area (Å²) in [5, 5.41) is 12.0. The monoisotopic (exact) mass is 307 g/mol. The van der Waals surface area contributed by atoms with E-state index >= 15 is 0 Å². The highest BCUT2D eigenvalue weighted by Crippen LogP contribution is 2.11. The summed E-state index contributed by atoms with van der Waals surface area (Å²) < 4.78 is 10.4. The van der Waals surface area contributed by atoms with Gasteiger partial charge in [-0.05, 0) is 18.9 Å². The molecule has 0 aliphatic carbocycles. The van der Waals surface area contributed by atoms with Crippen molar-refractivity contribution in [3.63, 3.8) is 0 Å². The Bertz CT molecular complexity index is 525. The lowest BCUT2D eigenvalue weighted by atomic mass is 9.98. The van der Waals surface area contributed by atoms with Gasteiger partial charge in [0, 0.05) is 6.54 Å². The Morgan fingerprint density at radius 3 is 2.86 bits per heavy atom. The van der Waals surface area contributed by atoms with Crippen LogP contribution in [0.2, 0.25) is 0 Å². The standard InChI is InChI=1S/C16H21NO5/c1-11-3-2-4-12(7-11)8-13(16(19)20)9-17-15(18)14-10-21-5-6-22-14/h2-4,7,13-14H,5-6,8-10H2,1H3,(H,17,18)(H,19,20)/t13-,14-/m1/s1. The molecule has 1 aliphatic rings. The van der Waals surface area contributed by atoms with Gasteiger partial charge in [0.05, 0.1) is 25.7 Å². The maximum Gasteiger partial charge on any atom is 0.308 e. The predicted octanol–water partition coefficient (Wildman–Crippen LogP) is 0.770. The third kappa shape index (κ3) is 4.82. The topological polar surface area (TPSA) is 84.9 Å². The largest absolute Gasteiger partial charge is 0.481 e. The number of carbonyl (C=O) groups is 2. The molecule has 1 aromatic carbocycles. The fourth-order valence-electron chi connectivity index (χ4n) is 2.35. The Morgan fingerprint density at radius 1 is 1.41 bits per heavy atom. The first kappa shape index (κ1) is 16.5. The van der Waals surface area contributed by atoms with Gasteiger partial charge in [-0.1, -0.05) is 29.8 Å². The molecule has 0 aromatic heterocycles. The van der Waals surface area contributed by atoms with E-state index in [-0.39, 0.29) is 19.1 Å². The minimum atomic E-state index is -0.928. The number of ether oxygens (including phenoxy) is 2. The minimum Gasteiger partial charge on any atom is -0.481 e. The number of hydrogen-bond acceptors (Lipinski definition) is 4.